The van der Waals surface area contributed by atoms with Crippen molar-refractivity contribution >= 4 is 39.7 Å². The quantitative estimate of drug-likeness (QED) is 0.578. The lowest BCUT2D eigenvalue weighted by molar-refractivity contribution is 0.0145. The zero-order chi connectivity index (χ0) is 17.5. The average Bonchev–Trinajstić information content (AvgIpc) is 3.07. The molecule has 126 valence electrons. The van der Waals surface area contributed by atoms with E-state index in [4.69, 9.17) is 4.84 Å². The number of hydrogen-bond donors (Lipinski definition) is 2. The third-order valence-electron chi connectivity index (χ3n) is 4.61. The van der Waals surface area contributed by atoms with E-state index in [-0.39, 0.29) is 12.5 Å². The van der Waals surface area contributed by atoms with Crippen molar-refractivity contribution in [3.63, 3.8) is 0 Å². The van der Waals surface area contributed by atoms with Crippen LogP contribution in [0.15, 0.2) is 54.7 Å². The summed E-state index contributed by atoms with van der Waals surface area (Å²) in [5.41, 5.74) is 6.65. The van der Waals surface area contributed by atoms with Gasteiger partial charge >= 0.3 is 0 Å². The summed E-state index contributed by atoms with van der Waals surface area (Å²) < 4.78 is 0. The van der Waals surface area contributed by atoms with E-state index in [9.17, 15) is 4.79 Å². The van der Waals surface area contributed by atoms with Gasteiger partial charge < -0.3 is 4.98 Å². The highest BCUT2D eigenvalue weighted by Gasteiger charge is 2.24. The van der Waals surface area contributed by atoms with Crippen molar-refractivity contribution in [1.29, 1.82) is 0 Å². The number of nitrogens with one attached hydrogen (secondary N) is 2. The van der Waals surface area contributed by atoms with Gasteiger partial charge in [-0.25, -0.2) is 10.5 Å². The Kier molecular flexibility index (Phi) is 3.33. The Hall–Kier alpha value is -3.44. The second-order valence-electron chi connectivity index (χ2n) is 6.25. The highest BCUT2D eigenvalue weighted by molar-refractivity contribution is 6.15. The fourth-order valence-corrected chi connectivity index (χ4v) is 3.35. The summed E-state index contributed by atoms with van der Waals surface area (Å²) in [5.74, 6) is -0.236. The number of amides is 1. The topological polar surface area (TPSA) is 67.0 Å². The van der Waals surface area contributed by atoms with Crippen LogP contribution in [-0.4, -0.2) is 15.9 Å². The number of nitrogens with zero attached hydrogens (tertiary/aromatic N) is 1. The number of H-pyrrole nitrogens is 1. The van der Waals surface area contributed by atoms with Crippen LogP contribution in [0.25, 0.3) is 33.8 Å². The summed E-state index contributed by atoms with van der Waals surface area (Å²) in [6, 6.07) is 16.2. The molecule has 0 bridgehead atoms. The van der Waals surface area contributed by atoms with Gasteiger partial charge in [0, 0.05) is 22.7 Å². The zero-order valence-electron chi connectivity index (χ0n) is 13.8. The van der Waals surface area contributed by atoms with Gasteiger partial charge in [-0.2, -0.15) is 0 Å². The first kappa shape index (κ1) is 14.9. The molecular weight excluding hydrogens is 326 g/mol. The van der Waals surface area contributed by atoms with Crippen LogP contribution in [-0.2, 0) is 11.4 Å². The number of benzene rings is 2. The average molecular weight is 341 g/mol. The normalized spacial score (nSPS) is 14.1. The minimum Gasteiger partial charge on any atom is -0.361 e. The zero-order valence-corrected chi connectivity index (χ0v) is 13.8. The SMILES string of the molecule is O=C1NOCc2nc3c(ccc4c[nH]c(C=Cc5ccccc5)cc43)c21. The molecule has 2 aromatic heterocycles. The van der Waals surface area contributed by atoms with Gasteiger partial charge in [-0.05, 0) is 23.1 Å². The van der Waals surface area contributed by atoms with Gasteiger partial charge in [0.05, 0.1) is 16.8 Å². The van der Waals surface area contributed by atoms with Gasteiger partial charge in [0.2, 0.25) is 0 Å². The highest BCUT2D eigenvalue weighted by atomic mass is 16.7. The predicted molar refractivity (Wildman–Crippen MR) is 101 cm³/mol. The number of carbonyl (C=O) groups is 1. The first-order valence-corrected chi connectivity index (χ1v) is 8.38. The summed E-state index contributed by atoms with van der Waals surface area (Å²) >= 11 is 0. The Morgan fingerprint density at radius 1 is 1.04 bits per heavy atom. The van der Waals surface area contributed by atoms with E-state index in [1.807, 2.05) is 42.6 Å². The molecule has 26 heavy (non-hydrogen) atoms. The van der Waals surface area contributed by atoms with E-state index in [0.29, 0.717) is 11.3 Å². The van der Waals surface area contributed by atoms with Crippen LogP contribution in [0.3, 0.4) is 0 Å². The maximum Gasteiger partial charge on any atom is 0.277 e. The van der Waals surface area contributed by atoms with Gasteiger partial charge in [0.15, 0.2) is 0 Å². The third kappa shape index (κ3) is 2.37. The first-order valence-electron chi connectivity index (χ1n) is 8.38. The van der Waals surface area contributed by atoms with E-state index in [1.165, 1.54) is 0 Å². The molecule has 2 aromatic carbocycles. The Morgan fingerprint density at radius 2 is 1.92 bits per heavy atom. The summed E-state index contributed by atoms with van der Waals surface area (Å²) in [7, 11) is 0. The smallest absolute Gasteiger partial charge is 0.277 e. The third-order valence-corrected chi connectivity index (χ3v) is 4.61. The molecule has 4 aromatic rings. The Balaban J connectivity index is 1.66. The molecule has 1 aliphatic heterocycles. The molecule has 0 atom stereocenters. The molecule has 1 aliphatic rings. The fraction of sp³-hybridized carbons (Fsp3) is 0.0476. The van der Waals surface area contributed by atoms with Gasteiger partial charge in [0.1, 0.15) is 6.61 Å². The fourth-order valence-electron chi connectivity index (χ4n) is 3.35. The standard InChI is InChI=1S/C21H15N3O2/c25-21-19-16-9-7-14-11-22-15(8-6-13-4-2-1-3-5-13)10-17(14)20(16)23-18(19)12-26-24-21/h1-11,22H,12H2,(H,24,25). The molecule has 0 aliphatic carbocycles. The van der Waals surface area contributed by atoms with Crippen LogP contribution in [0.2, 0.25) is 0 Å². The predicted octanol–water partition coefficient (Wildman–Crippen LogP) is 4.06. The lowest BCUT2D eigenvalue weighted by Crippen LogP contribution is -2.29. The van der Waals surface area contributed by atoms with Crippen LogP contribution in [0, 0.1) is 0 Å². The second-order valence-corrected chi connectivity index (χ2v) is 6.25. The van der Waals surface area contributed by atoms with Gasteiger partial charge in [-0.3, -0.25) is 9.63 Å². The Bertz CT molecular complexity index is 1180. The van der Waals surface area contributed by atoms with E-state index >= 15 is 0 Å². The summed E-state index contributed by atoms with van der Waals surface area (Å²) in [5, 5.41) is 2.92. The molecule has 0 spiro atoms. The minimum absolute atomic E-state index is 0.236. The van der Waals surface area contributed by atoms with Crippen molar-refractivity contribution in [2.45, 2.75) is 6.61 Å². The summed E-state index contributed by atoms with van der Waals surface area (Å²) in [4.78, 5) is 25.2. The molecule has 0 saturated heterocycles. The van der Waals surface area contributed by atoms with E-state index < -0.39 is 0 Å². The number of carbonyl (C=O) groups excluding carboxylic acids is 1. The van der Waals surface area contributed by atoms with Crippen molar-refractivity contribution < 1.29 is 9.63 Å². The number of pyridine rings is 1. The van der Waals surface area contributed by atoms with E-state index in [1.54, 1.807) is 0 Å². The largest absolute Gasteiger partial charge is 0.361 e. The Morgan fingerprint density at radius 3 is 2.81 bits per heavy atom. The van der Waals surface area contributed by atoms with Gasteiger partial charge in [-0.1, -0.05) is 48.5 Å². The number of aromatic amines is 1. The molecule has 0 fully saturated rings. The maximum atomic E-state index is 12.1. The highest BCUT2D eigenvalue weighted by Crippen LogP contribution is 2.31. The van der Waals surface area contributed by atoms with Crippen molar-refractivity contribution in [1.82, 2.24) is 15.4 Å². The molecule has 1 amide bonds. The van der Waals surface area contributed by atoms with E-state index in [0.717, 1.165) is 32.9 Å². The summed E-state index contributed by atoms with van der Waals surface area (Å²) in [6.45, 7) is 0.289. The second kappa shape index (κ2) is 5.82. The molecule has 0 saturated carbocycles. The molecule has 2 N–H and O–H groups in total. The summed E-state index contributed by atoms with van der Waals surface area (Å²) in [6.07, 6.45) is 6.05. The number of aromatic nitrogens is 2. The molecular formula is C21H15N3O2. The minimum atomic E-state index is -0.236. The lowest BCUT2D eigenvalue weighted by Gasteiger charge is -2.11. The number of hydroxylamine groups is 1. The number of fused-ring (bicyclic) bond motifs is 5. The van der Waals surface area contributed by atoms with Crippen LogP contribution in [0.1, 0.15) is 27.3 Å². The van der Waals surface area contributed by atoms with Crippen molar-refractivity contribution in [3.05, 3.63) is 77.2 Å². The molecule has 0 unspecified atom stereocenters. The Labute approximate surface area is 149 Å². The lowest BCUT2D eigenvalue weighted by atomic mass is 10.0. The van der Waals surface area contributed by atoms with Crippen LogP contribution < -0.4 is 5.48 Å². The number of hydrogen-bond acceptors (Lipinski definition) is 3. The number of rotatable bonds is 2. The molecule has 0 radical (unpaired) electrons. The maximum absolute atomic E-state index is 12.1. The van der Waals surface area contributed by atoms with Crippen LogP contribution in [0.5, 0.6) is 0 Å². The van der Waals surface area contributed by atoms with Crippen molar-refractivity contribution in [3.8, 4) is 0 Å². The van der Waals surface area contributed by atoms with E-state index in [2.05, 4.69) is 39.7 Å². The monoisotopic (exact) mass is 341 g/mol. The molecule has 5 nitrogen and oxygen atoms in total. The van der Waals surface area contributed by atoms with Crippen molar-refractivity contribution in [2.75, 3.05) is 0 Å². The molecule has 5 rings (SSSR count). The first-order chi connectivity index (χ1) is 12.8. The van der Waals surface area contributed by atoms with Crippen LogP contribution in [0.4, 0.5) is 0 Å². The molecule has 3 heterocycles. The molecule has 5 heteroatoms. The van der Waals surface area contributed by atoms with Gasteiger partial charge in [0.25, 0.3) is 5.91 Å². The van der Waals surface area contributed by atoms with Crippen molar-refractivity contribution in [2.24, 2.45) is 0 Å². The van der Waals surface area contributed by atoms with Crippen LogP contribution >= 0.6 is 0 Å². The van der Waals surface area contributed by atoms with Gasteiger partial charge in [-0.15, -0.1) is 0 Å².